The van der Waals surface area contributed by atoms with Crippen LogP contribution in [0.25, 0.3) is 21.7 Å². The number of benzene rings is 3. The van der Waals surface area contributed by atoms with E-state index >= 15 is 4.39 Å². The van der Waals surface area contributed by atoms with Crippen LogP contribution in [-0.2, 0) is 23.8 Å². The Balaban J connectivity index is 1.21. The number of pyridine rings is 1. The molecule has 6 heterocycles. The molecular weight excluding hydrogens is 1020 g/mol. The standard InChI is InChI=1S/C56H66FN5O16/c1-24-13-12-14-25(2)54(71)59-41-34(20-58-62-17-16-60(21-26(62)3)43-36(57)19-33-42-52(43)75-23-27(4)61(42)22-35(47(33)67)55(72)73)48(68)38-39(49(41)69)46(66)31(8)51-40(38)53(70)56(10,78-51)76-18-15-37(74-11)28(5)50(77-32(9)63)30(7)45(65)29(6)44(24)64/h12-15,18-20,22,24,26-30,37,44-45,50,64-66,68-69H,16-17,21,23H2,1-11H3,(H,59,71)(H,72,73)/t24-,26?,27?,28+,29+,30+,37-,44-,45+,50+,56-/m0/s1. The van der Waals surface area contributed by atoms with Gasteiger partial charge in [0, 0.05) is 80.4 Å². The van der Waals surface area contributed by atoms with Crippen LogP contribution >= 0.6 is 0 Å². The zero-order chi connectivity index (χ0) is 57.1. The van der Waals surface area contributed by atoms with Gasteiger partial charge in [-0.1, -0.05) is 45.9 Å². The lowest BCUT2D eigenvalue weighted by molar-refractivity contribution is -0.160. The first-order valence-electron chi connectivity index (χ1n) is 25.6. The number of halogens is 1. The smallest absolute Gasteiger partial charge is 0.341 e. The quantitative estimate of drug-likeness (QED) is 0.0475. The van der Waals surface area contributed by atoms with Crippen molar-refractivity contribution in [3.05, 3.63) is 86.7 Å². The van der Waals surface area contributed by atoms with Gasteiger partial charge in [0.25, 0.3) is 11.7 Å². The summed E-state index contributed by atoms with van der Waals surface area (Å²) >= 11 is 0. The summed E-state index contributed by atoms with van der Waals surface area (Å²) in [6.45, 7) is 16.2. The second-order valence-electron chi connectivity index (χ2n) is 21.0. The summed E-state index contributed by atoms with van der Waals surface area (Å²) < 4.78 is 47.7. The van der Waals surface area contributed by atoms with Crippen LogP contribution in [0.2, 0.25) is 0 Å². The van der Waals surface area contributed by atoms with Crippen LogP contribution in [0.15, 0.2) is 58.3 Å². The summed E-state index contributed by atoms with van der Waals surface area (Å²) in [7, 11) is 1.41. The van der Waals surface area contributed by atoms with Gasteiger partial charge in [-0.3, -0.25) is 24.2 Å². The number of aromatic nitrogens is 1. The number of amides is 1. The average Bonchev–Trinajstić information content (AvgIpc) is 3.77. The molecule has 21 nitrogen and oxygen atoms in total. The fourth-order valence-electron chi connectivity index (χ4n) is 11.0. The highest BCUT2D eigenvalue weighted by molar-refractivity contribution is 6.24. The number of rotatable bonds is 6. The first-order chi connectivity index (χ1) is 36.7. The number of carboxylic acids is 1. The van der Waals surface area contributed by atoms with Gasteiger partial charge in [0.2, 0.25) is 5.43 Å². The van der Waals surface area contributed by atoms with Gasteiger partial charge in [-0.15, -0.1) is 0 Å². The van der Waals surface area contributed by atoms with Crippen molar-refractivity contribution < 1.29 is 77.9 Å². The van der Waals surface area contributed by atoms with E-state index < -0.39 is 129 Å². The normalized spacial score (nSPS) is 27.9. The molecule has 1 aromatic heterocycles. The molecular formula is C56H66FN5O16. The summed E-state index contributed by atoms with van der Waals surface area (Å²) in [5.41, 5.74) is -1.95. The molecule has 9 rings (SSSR count). The molecule has 5 bridgehead atoms. The Kier molecular flexibility index (Phi) is 15.7. The number of hydrogen-bond donors (Lipinski definition) is 7. The molecule has 3 aromatic carbocycles. The van der Waals surface area contributed by atoms with Crippen molar-refractivity contribution in [1.29, 1.82) is 0 Å². The number of nitrogens with zero attached hydrogens (tertiary/aromatic N) is 4. The minimum absolute atomic E-state index is 0.0233. The Morgan fingerprint density at radius 3 is 2.28 bits per heavy atom. The molecule has 1 amide bonds. The highest BCUT2D eigenvalue weighted by Gasteiger charge is 2.50. The fourth-order valence-corrected chi connectivity index (χ4v) is 11.0. The number of allylic oxidation sites excluding steroid dienone is 2. The Hall–Kier alpha value is -7.69. The summed E-state index contributed by atoms with van der Waals surface area (Å²) in [4.78, 5) is 68.3. The van der Waals surface area contributed by atoms with Crippen molar-refractivity contribution in [3.8, 4) is 28.7 Å². The number of esters is 1. The van der Waals surface area contributed by atoms with Crippen LogP contribution in [0.4, 0.5) is 15.8 Å². The predicted octanol–water partition coefficient (Wildman–Crippen LogP) is 6.40. The third kappa shape index (κ3) is 9.84. The van der Waals surface area contributed by atoms with Gasteiger partial charge in [-0.05, 0) is 39.8 Å². The molecule has 418 valence electrons. The first kappa shape index (κ1) is 56.5. The van der Waals surface area contributed by atoms with Crippen LogP contribution in [0.1, 0.15) is 100 Å². The Morgan fingerprint density at radius 1 is 0.923 bits per heavy atom. The number of aromatic hydroxyl groups is 3. The van der Waals surface area contributed by atoms with Crippen LogP contribution in [-0.4, -0.2) is 140 Å². The number of carbonyl (C=O) groups is 4. The monoisotopic (exact) mass is 1080 g/mol. The molecule has 0 aliphatic carbocycles. The van der Waals surface area contributed by atoms with Crippen molar-refractivity contribution in [3.63, 3.8) is 0 Å². The third-order valence-electron chi connectivity index (χ3n) is 15.6. The molecule has 1 fully saturated rings. The number of phenolic OH excluding ortho intramolecular Hbond substituents is 3. The molecule has 7 N–H and O–H groups in total. The number of phenols is 3. The number of carbonyl (C=O) groups excluding carboxylic acids is 3. The highest BCUT2D eigenvalue weighted by Crippen LogP contribution is 2.55. The average molecular weight is 1080 g/mol. The van der Waals surface area contributed by atoms with Gasteiger partial charge < -0.3 is 69.1 Å². The van der Waals surface area contributed by atoms with E-state index in [0.717, 1.165) is 12.3 Å². The summed E-state index contributed by atoms with van der Waals surface area (Å²) in [5, 5.41) is 77.4. The number of nitrogens with one attached hydrogen (secondary N) is 1. The lowest BCUT2D eigenvalue weighted by Gasteiger charge is -2.40. The third-order valence-corrected chi connectivity index (χ3v) is 15.6. The van der Waals surface area contributed by atoms with E-state index in [4.69, 9.17) is 23.7 Å². The lowest BCUT2D eigenvalue weighted by atomic mass is 9.78. The molecule has 11 atom stereocenters. The number of fused-ring (bicyclic) bond motifs is 14. The van der Waals surface area contributed by atoms with Gasteiger partial charge in [-0.25, -0.2) is 9.18 Å². The summed E-state index contributed by atoms with van der Waals surface area (Å²) in [6.07, 6.45) is 5.50. The van der Waals surface area contributed by atoms with Gasteiger partial charge in [0.1, 0.15) is 41.2 Å². The number of hydrogen-bond acceptors (Lipinski definition) is 18. The number of aromatic carboxylic acids is 1. The van der Waals surface area contributed by atoms with E-state index in [0.29, 0.717) is 0 Å². The van der Waals surface area contributed by atoms with Crippen LogP contribution in [0.3, 0.4) is 0 Å². The van der Waals surface area contributed by atoms with Crippen LogP contribution in [0.5, 0.6) is 28.7 Å². The number of ketones is 1. The van der Waals surface area contributed by atoms with Gasteiger partial charge >= 0.3 is 17.7 Å². The van der Waals surface area contributed by atoms with Crippen molar-refractivity contribution in [2.24, 2.45) is 28.8 Å². The second-order valence-corrected chi connectivity index (χ2v) is 21.0. The molecule has 0 saturated carbocycles. The van der Waals surface area contributed by atoms with Gasteiger partial charge in [0.05, 0.1) is 82.5 Å². The maximum atomic E-state index is 16.3. The molecule has 22 heteroatoms. The van der Waals surface area contributed by atoms with Crippen LogP contribution < -0.4 is 25.1 Å². The number of methoxy groups -OCH3 is 1. The van der Waals surface area contributed by atoms with E-state index in [1.807, 2.05) is 0 Å². The second kappa shape index (κ2) is 21.6. The van der Waals surface area contributed by atoms with Crippen molar-refractivity contribution in [2.75, 3.05) is 43.6 Å². The van der Waals surface area contributed by atoms with Crippen molar-refractivity contribution >= 4 is 62.9 Å². The molecule has 5 aliphatic heterocycles. The van der Waals surface area contributed by atoms with E-state index in [-0.39, 0.29) is 88.0 Å². The van der Waals surface area contributed by atoms with Crippen LogP contribution in [0, 0.1) is 36.4 Å². The van der Waals surface area contributed by atoms with E-state index in [1.54, 1.807) is 62.1 Å². The molecule has 78 heavy (non-hydrogen) atoms. The number of piperazine rings is 1. The zero-order valence-corrected chi connectivity index (χ0v) is 45.2. The number of carboxylic acid groups (broad SMARTS) is 1. The van der Waals surface area contributed by atoms with E-state index in [1.165, 1.54) is 65.4 Å². The molecule has 1 saturated heterocycles. The Labute approximate surface area is 448 Å². The number of aliphatic hydroxyl groups is 2. The molecule has 4 aromatic rings. The highest BCUT2D eigenvalue weighted by atomic mass is 19.1. The fraction of sp³-hybridized carbons (Fsp3) is 0.464. The number of hydrazone groups is 1. The van der Waals surface area contributed by atoms with Gasteiger partial charge in [0.15, 0.2) is 17.3 Å². The molecule has 5 aliphatic rings. The topological polar surface area (TPSA) is 289 Å². The minimum atomic E-state index is -2.15. The van der Waals surface area contributed by atoms with E-state index in [9.17, 15) is 54.6 Å². The Morgan fingerprint density at radius 2 is 1.63 bits per heavy atom. The van der Waals surface area contributed by atoms with Crippen molar-refractivity contribution in [2.45, 2.75) is 112 Å². The number of Topliss-reactive ketones (excluding diaryl/α,β-unsaturated/α-hetero) is 1. The van der Waals surface area contributed by atoms with E-state index in [2.05, 4.69) is 10.4 Å². The van der Waals surface area contributed by atoms with Gasteiger partial charge in [-0.2, -0.15) is 5.10 Å². The Bertz CT molecular complexity index is 3320. The maximum absolute atomic E-state index is 16.3. The maximum Gasteiger partial charge on any atom is 0.341 e. The number of anilines is 2. The zero-order valence-electron chi connectivity index (χ0n) is 45.2. The molecule has 2 unspecified atom stereocenters. The van der Waals surface area contributed by atoms with Crippen molar-refractivity contribution in [1.82, 2.24) is 9.58 Å². The molecule has 0 spiro atoms. The first-order valence-corrected chi connectivity index (χ1v) is 25.6. The largest absolute Gasteiger partial charge is 0.507 e. The lowest BCUT2D eigenvalue weighted by Crippen LogP contribution is -2.50. The summed E-state index contributed by atoms with van der Waals surface area (Å²) in [6, 6.07) is 0.123. The number of aliphatic hydroxyl groups excluding tert-OH is 2. The SMILES string of the molecule is CO[C@H]1C=CO[C@@]2(C)Oc3c(C)c(O)c4c(O)c(c(C=NN5CCN(c6c(F)cc7c(=O)c(C(=O)O)cn8c7c6OCC8C)CC5C)c(O)c4c3C2=O)NC(=O)C(C)=CC=C[C@H](C)[C@H](O)[C@@H](C)[C@@H](O)[C@@H](C)[C@H](OC(C)=O)[C@@H]1C. The summed E-state index contributed by atoms with van der Waals surface area (Å²) in [5.74, 6) is -11.5. The number of ether oxygens (including phenoxy) is 5. The predicted molar refractivity (Wildman–Crippen MR) is 285 cm³/mol. The minimum Gasteiger partial charge on any atom is -0.507 e. The molecule has 0 radical (unpaired) electrons.